The summed E-state index contributed by atoms with van der Waals surface area (Å²) in [6.45, 7) is 7.46. The summed E-state index contributed by atoms with van der Waals surface area (Å²) in [7, 11) is 0. The second kappa shape index (κ2) is 5.63. The first kappa shape index (κ1) is 12.6. The second-order valence-corrected chi connectivity index (χ2v) is 5.30. The van der Waals surface area contributed by atoms with E-state index in [1.165, 1.54) is 25.7 Å². The molecule has 0 aliphatic heterocycles. The number of hydrogen-bond acceptors (Lipinski definition) is 3. The van der Waals surface area contributed by atoms with E-state index in [-0.39, 0.29) is 0 Å². The van der Waals surface area contributed by atoms with Crippen molar-refractivity contribution in [1.29, 1.82) is 0 Å². The molecule has 0 saturated heterocycles. The predicted octanol–water partition coefficient (Wildman–Crippen LogP) is 2.70. The fourth-order valence-corrected chi connectivity index (χ4v) is 2.49. The van der Waals surface area contributed by atoms with Gasteiger partial charge in [-0.2, -0.15) is 5.10 Å². The molecule has 4 nitrogen and oxygen atoms in total. The van der Waals surface area contributed by atoms with Crippen LogP contribution in [0.25, 0.3) is 0 Å². The van der Waals surface area contributed by atoms with E-state index < -0.39 is 0 Å². The summed E-state index contributed by atoms with van der Waals surface area (Å²) in [4.78, 5) is 4.46. The lowest BCUT2D eigenvalue weighted by molar-refractivity contribution is 0.253. The van der Waals surface area contributed by atoms with Crippen molar-refractivity contribution < 1.29 is 0 Å². The Balaban J connectivity index is 2.09. The van der Waals surface area contributed by atoms with Gasteiger partial charge in [0.05, 0.1) is 6.04 Å². The molecule has 1 aliphatic rings. The Bertz CT molecular complexity index is 341. The molecule has 1 unspecified atom stereocenters. The molecular formula is C13H24N4. The van der Waals surface area contributed by atoms with E-state index in [9.17, 15) is 0 Å². The lowest BCUT2D eigenvalue weighted by Gasteiger charge is -2.30. The quantitative estimate of drug-likeness (QED) is 0.825. The molecule has 1 aromatic heterocycles. The maximum atomic E-state index is 4.46. The largest absolute Gasteiger partial charge is 0.308 e. The number of nitrogens with one attached hydrogen (secondary N) is 1. The molecule has 0 bridgehead atoms. The molecule has 1 N–H and O–H groups in total. The van der Waals surface area contributed by atoms with Crippen LogP contribution in [0.3, 0.4) is 0 Å². The summed E-state index contributed by atoms with van der Waals surface area (Å²) in [5.41, 5.74) is 0. The standard InChI is InChI=1S/C13H24N4/c1-4-14-12(8-11-6-5-7-11)13-15-9-16-17(13)10(2)3/h9-12,14H,4-8H2,1-3H3. The van der Waals surface area contributed by atoms with Gasteiger partial charge in [-0.1, -0.05) is 26.2 Å². The van der Waals surface area contributed by atoms with Crippen molar-refractivity contribution in [3.63, 3.8) is 0 Å². The lowest BCUT2D eigenvalue weighted by Crippen LogP contribution is -2.29. The molecule has 1 atom stereocenters. The average Bonchev–Trinajstić information content (AvgIpc) is 2.70. The van der Waals surface area contributed by atoms with Gasteiger partial charge in [-0.05, 0) is 32.7 Å². The van der Waals surface area contributed by atoms with E-state index in [0.29, 0.717) is 12.1 Å². The van der Waals surface area contributed by atoms with Crippen LogP contribution in [-0.4, -0.2) is 21.3 Å². The zero-order valence-electron chi connectivity index (χ0n) is 11.2. The van der Waals surface area contributed by atoms with Crippen molar-refractivity contribution in [3.05, 3.63) is 12.2 Å². The molecule has 1 aromatic rings. The third-order valence-corrected chi connectivity index (χ3v) is 3.65. The molecule has 2 rings (SSSR count). The monoisotopic (exact) mass is 236 g/mol. The first-order valence-electron chi connectivity index (χ1n) is 6.85. The normalized spacial score (nSPS) is 18.4. The van der Waals surface area contributed by atoms with E-state index in [0.717, 1.165) is 18.3 Å². The van der Waals surface area contributed by atoms with Crippen LogP contribution in [-0.2, 0) is 0 Å². The van der Waals surface area contributed by atoms with Gasteiger partial charge in [-0.15, -0.1) is 0 Å². The Hall–Kier alpha value is -0.900. The van der Waals surface area contributed by atoms with Gasteiger partial charge in [-0.3, -0.25) is 0 Å². The Kier molecular flexibility index (Phi) is 4.15. The molecule has 0 spiro atoms. The van der Waals surface area contributed by atoms with Gasteiger partial charge in [0.25, 0.3) is 0 Å². The molecule has 1 fully saturated rings. The molecule has 0 amide bonds. The van der Waals surface area contributed by atoms with Gasteiger partial charge in [0.15, 0.2) is 0 Å². The number of rotatable bonds is 6. The molecule has 1 heterocycles. The molecule has 4 heteroatoms. The third kappa shape index (κ3) is 2.86. The highest BCUT2D eigenvalue weighted by Crippen LogP contribution is 2.34. The van der Waals surface area contributed by atoms with Crippen molar-refractivity contribution in [1.82, 2.24) is 20.1 Å². The van der Waals surface area contributed by atoms with Crippen LogP contribution in [0.5, 0.6) is 0 Å². The predicted molar refractivity (Wildman–Crippen MR) is 68.8 cm³/mol. The smallest absolute Gasteiger partial charge is 0.144 e. The van der Waals surface area contributed by atoms with E-state index in [1.54, 1.807) is 6.33 Å². The van der Waals surface area contributed by atoms with Crippen LogP contribution in [0.2, 0.25) is 0 Å². The van der Waals surface area contributed by atoms with Crippen LogP contribution in [0, 0.1) is 5.92 Å². The first-order chi connectivity index (χ1) is 8.22. The van der Waals surface area contributed by atoms with Crippen LogP contribution in [0.1, 0.15) is 64.4 Å². The fourth-order valence-electron chi connectivity index (χ4n) is 2.49. The van der Waals surface area contributed by atoms with Crippen LogP contribution >= 0.6 is 0 Å². The van der Waals surface area contributed by atoms with Crippen LogP contribution in [0.15, 0.2) is 6.33 Å². The molecular weight excluding hydrogens is 212 g/mol. The summed E-state index contributed by atoms with van der Waals surface area (Å²) in [6.07, 6.45) is 7.06. The van der Waals surface area contributed by atoms with Gasteiger partial charge in [0.2, 0.25) is 0 Å². The van der Waals surface area contributed by atoms with Gasteiger partial charge in [-0.25, -0.2) is 9.67 Å². The van der Waals surface area contributed by atoms with Crippen LogP contribution in [0.4, 0.5) is 0 Å². The maximum Gasteiger partial charge on any atom is 0.144 e. The molecule has 1 aliphatic carbocycles. The highest BCUT2D eigenvalue weighted by atomic mass is 15.4. The zero-order valence-corrected chi connectivity index (χ0v) is 11.2. The lowest BCUT2D eigenvalue weighted by atomic mass is 9.80. The van der Waals surface area contributed by atoms with Crippen molar-refractivity contribution in [2.24, 2.45) is 5.92 Å². The van der Waals surface area contributed by atoms with E-state index in [2.05, 4.69) is 36.2 Å². The number of nitrogens with zero attached hydrogens (tertiary/aromatic N) is 3. The topological polar surface area (TPSA) is 42.7 Å². The SMILES string of the molecule is CCNC(CC1CCC1)c1ncnn1C(C)C. The fraction of sp³-hybridized carbons (Fsp3) is 0.846. The summed E-state index contributed by atoms with van der Waals surface area (Å²) in [5, 5.41) is 7.89. The van der Waals surface area contributed by atoms with Gasteiger partial charge >= 0.3 is 0 Å². The van der Waals surface area contributed by atoms with Crippen molar-refractivity contribution in [3.8, 4) is 0 Å². The Morgan fingerprint density at radius 3 is 2.76 bits per heavy atom. The van der Waals surface area contributed by atoms with Crippen molar-refractivity contribution in [2.75, 3.05) is 6.54 Å². The second-order valence-electron chi connectivity index (χ2n) is 5.30. The molecule has 96 valence electrons. The summed E-state index contributed by atoms with van der Waals surface area (Å²) < 4.78 is 2.05. The highest BCUT2D eigenvalue weighted by molar-refractivity contribution is 4.97. The van der Waals surface area contributed by atoms with Gasteiger partial charge in [0.1, 0.15) is 12.2 Å². The average molecular weight is 236 g/mol. The minimum atomic E-state index is 0.371. The number of hydrogen-bond donors (Lipinski definition) is 1. The molecule has 0 aromatic carbocycles. The number of aromatic nitrogens is 3. The zero-order chi connectivity index (χ0) is 12.3. The summed E-state index contributed by atoms with van der Waals surface area (Å²) in [5.74, 6) is 1.99. The molecule has 0 radical (unpaired) electrons. The minimum absolute atomic E-state index is 0.371. The third-order valence-electron chi connectivity index (χ3n) is 3.65. The first-order valence-corrected chi connectivity index (χ1v) is 6.85. The maximum absolute atomic E-state index is 4.46. The van der Waals surface area contributed by atoms with Gasteiger partial charge in [0, 0.05) is 6.04 Å². The highest BCUT2D eigenvalue weighted by Gasteiger charge is 2.25. The van der Waals surface area contributed by atoms with Gasteiger partial charge < -0.3 is 5.32 Å². The van der Waals surface area contributed by atoms with E-state index in [1.807, 2.05) is 4.68 Å². The van der Waals surface area contributed by atoms with Crippen molar-refractivity contribution >= 4 is 0 Å². The van der Waals surface area contributed by atoms with Crippen molar-refractivity contribution in [2.45, 2.75) is 58.5 Å². The minimum Gasteiger partial charge on any atom is -0.308 e. The Morgan fingerprint density at radius 1 is 1.47 bits per heavy atom. The Labute approximate surface area is 104 Å². The van der Waals surface area contributed by atoms with Crippen LogP contribution < -0.4 is 5.32 Å². The summed E-state index contributed by atoms with van der Waals surface area (Å²) >= 11 is 0. The molecule has 17 heavy (non-hydrogen) atoms. The molecule has 1 saturated carbocycles. The van der Waals surface area contributed by atoms with E-state index in [4.69, 9.17) is 0 Å². The van der Waals surface area contributed by atoms with E-state index >= 15 is 0 Å². The Morgan fingerprint density at radius 2 is 2.24 bits per heavy atom. The summed E-state index contributed by atoms with van der Waals surface area (Å²) in [6, 6.07) is 0.755.